The van der Waals surface area contributed by atoms with E-state index in [0.717, 1.165) is 24.9 Å². The second kappa shape index (κ2) is 7.27. The largest absolute Gasteiger partial charge is 0.349 e. The van der Waals surface area contributed by atoms with Gasteiger partial charge in [-0.25, -0.2) is 0 Å². The Morgan fingerprint density at radius 2 is 1.89 bits per heavy atom. The van der Waals surface area contributed by atoms with Gasteiger partial charge in [0, 0.05) is 12.6 Å². The molecule has 7 nitrogen and oxygen atoms in total. The first-order valence-corrected chi connectivity index (χ1v) is 10.7. The van der Waals surface area contributed by atoms with Gasteiger partial charge in [-0.15, -0.1) is 4.40 Å². The fraction of sp³-hybridized carbons (Fsp3) is 0.300. The van der Waals surface area contributed by atoms with Crippen LogP contribution in [-0.2, 0) is 27.7 Å². The predicted molar refractivity (Wildman–Crippen MR) is 108 cm³/mol. The summed E-state index contributed by atoms with van der Waals surface area (Å²) in [7, 11) is -2.05. The van der Waals surface area contributed by atoms with Crippen LogP contribution in [0.5, 0.6) is 0 Å². The predicted octanol–water partition coefficient (Wildman–Crippen LogP) is 2.09. The highest BCUT2D eigenvalue weighted by atomic mass is 32.2. The maximum absolute atomic E-state index is 12.4. The van der Waals surface area contributed by atoms with Gasteiger partial charge in [0.15, 0.2) is 5.84 Å². The number of likely N-dealkylation sites (N-methyl/N-ethyl adjacent to an activating group) is 1. The van der Waals surface area contributed by atoms with Gasteiger partial charge in [-0.05, 0) is 55.0 Å². The first kappa shape index (κ1) is 18.5. The van der Waals surface area contributed by atoms with Crippen molar-refractivity contribution in [2.45, 2.75) is 30.6 Å². The highest BCUT2D eigenvalue weighted by Gasteiger charge is 2.30. The van der Waals surface area contributed by atoms with Gasteiger partial charge in [0.25, 0.3) is 15.9 Å². The summed E-state index contributed by atoms with van der Waals surface area (Å²) >= 11 is 0. The summed E-state index contributed by atoms with van der Waals surface area (Å²) < 4.78 is 28.2. The number of anilines is 1. The summed E-state index contributed by atoms with van der Waals surface area (Å²) in [4.78, 5) is 14.1. The van der Waals surface area contributed by atoms with Crippen LogP contribution in [0.15, 0.2) is 51.8 Å². The second-order valence-electron chi connectivity index (χ2n) is 7.07. The van der Waals surface area contributed by atoms with Crippen molar-refractivity contribution in [2.75, 3.05) is 19.0 Å². The van der Waals surface area contributed by atoms with E-state index in [0.29, 0.717) is 5.56 Å². The molecule has 2 aromatic carbocycles. The number of aryl methyl sites for hydroxylation is 1. The molecule has 0 spiro atoms. The minimum Gasteiger partial charge on any atom is -0.349 e. The first-order valence-electron chi connectivity index (χ1n) is 9.27. The number of amidine groups is 1. The standard InChI is InChI=1S/C20H22N4O3S/c1-24(20-16-10-4-5-12-18(16)28(26,27)23-20)13-19(25)22-21-17-11-6-8-14-7-2-3-9-15(14)17/h4-6,8,10-12,21H,2-3,7,9,13H2,1H3,(H,22,25). The molecule has 2 N–H and O–H groups in total. The molecule has 0 bridgehead atoms. The molecule has 0 atom stereocenters. The number of hydrazine groups is 1. The van der Waals surface area contributed by atoms with Gasteiger partial charge in [-0.1, -0.05) is 24.3 Å². The second-order valence-corrected chi connectivity index (χ2v) is 8.64. The van der Waals surface area contributed by atoms with Crippen LogP contribution in [-0.4, -0.2) is 38.7 Å². The van der Waals surface area contributed by atoms with Crippen molar-refractivity contribution in [1.29, 1.82) is 0 Å². The molecule has 1 amide bonds. The van der Waals surface area contributed by atoms with Crippen LogP contribution in [0, 0.1) is 0 Å². The van der Waals surface area contributed by atoms with E-state index in [4.69, 9.17) is 0 Å². The normalized spacial score (nSPS) is 16.5. The molecule has 8 heteroatoms. The molecule has 0 saturated heterocycles. The number of fused-ring (bicyclic) bond motifs is 2. The van der Waals surface area contributed by atoms with E-state index in [1.165, 1.54) is 23.6 Å². The molecule has 4 rings (SSSR count). The third-order valence-corrected chi connectivity index (χ3v) is 6.41. The Bertz CT molecular complexity index is 1060. The van der Waals surface area contributed by atoms with E-state index in [9.17, 15) is 13.2 Å². The van der Waals surface area contributed by atoms with Crippen LogP contribution in [0.3, 0.4) is 0 Å². The molecule has 0 unspecified atom stereocenters. The molecule has 0 fully saturated rings. The monoisotopic (exact) mass is 398 g/mol. The molecule has 1 aliphatic heterocycles. The Labute approximate surface area is 164 Å². The minimum atomic E-state index is -3.70. The summed E-state index contributed by atoms with van der Waals surface area (Å²) in [5, 5.41) is 0. The smallest absolute Gasteiger partial charge is 0.285 e. The van der Waals surface area contributed by atoms with Crippen LogP contribution < -0.4 is 10.9 Å². The number of carbonyl (C=O) groups excluding carboxylic acids is 1. The van der Waals surface area contributed by atoms with Gasteiger partial charge in [0.2, 0.25) is 0 Å². The number of hydrogen-bond acceptors (Lipinski definition) is 5. The lowest BCUT2D eigenvalue weighted by atomic mass is 9.90. The van der Waals surface area contributed by atoms with Crippen LogP contribution >= 0.6 is 0 Å². The third-order valence-electron chi connectivity index (χ3n) is 5.09. The maximum Gasteiger partial charge on any atom is 0.285 e. The summed E-state index contributed by atoms with van der Waals surface area (Å²) in [5.41, 5.74) is 9.74. The van der Waals surface area contributed by atoms with Crippen LogP contribution in [0.4, 0.5) is 5.69 Å². The van der Waals surface area contributed by atoms with E-state index >= 15 is 0 Å². The molecule has 0 aromatic heterocycles. The van der Waals surface area contributed by atoms with Crippen molar-refractivity contribution >= 4 is 27.5 Å². The van der Waals surface area contributed by atoms with Crippen molar-refractivity contribution < 1.29 is 13.2 Å². The van der Waals surface area contributed by atoms with E-state index in [2.05, 4.69) is 21.3 Å². The van der Waals surface area contributed by atoms with Crippen LogP contribution in [0.2, 0.25) is 0 Å². The maximum atomic E-state index is 12.4. The van der Waals surface area contributed by atoms with Gasteiger partial charge in [-0.2, -0.15) is 8.42 Å². The Morgan fingerprint density at radius 3 is 2.75 bits per heavy atom. The summed E-state index contributed by atoms with van der Waals surface area (Å²) in [6.07, 6.45) is 4.41. The van der Waals surface area contributed by atoms with E-state index < -0.39 is 10.0 Å². The lowest BCUT2D eigenvalue weighted by Crippen LogP contribution is -2.40. The third kappa shape index (κ3) is 3.47. The highest BCUT2D eigenvalue weighted by molar-refractivity contribution is 7.90. The number of carbonyl (C=O) groups is 1. The lowest BCUT2D eigenvalue weighted by molar-refractivity contribution is -0.120. The Kier molecular flexibility index (Phi) is 4.80. The summed E-state index contributed by atoms with van der Waals surface area (Å²) in [6.45, 7) is -0.0231. The van der Waals surface area contributed by atoms with Crippen molar-refractivity contribution in [1.82, 2.24) is 10.3 Å². The number of rotatable bonds is 4. The van der Waals surface area contributed by atoms with E-state index in [-0.39, 0.29) is 23.2 Å². The zero-order valence-corrected chi connectivity index (χ0v) is 16.4. The Morgan fingerprint density at radius 1 is 1.11 bits per heavy atom. The molecule has 28 heavy (non-hydrogen) atoms. The minimum absolute atomic E-state index is 0.0231. The highest BCUT2D eigenvalue weighted by Crippen LogP contribution is 2.28. The number of hydrogen-bond donors (Lipinski definition) is 2. The van der Waals surface area contributed by atoms with Crippen LogP contribution in [0.25, 0.3) is 0 Å². The first-order chi connectivity index (χ1) is 13.5. The molecule has 2 aromatic rings. The Balaban J connectivity index is 1.43. The van der Waals surface area contributed by atoms with Crippen molar-refractivity contribution in [3.05, 3.63) is 59.2 Å². The topological polar surface area (TPSA) is 90.9 Å². The number of amides is 1. The number of nitrogens with one attached hydrogen (secondary N) is 2. The summed E-state index contributed by atoms with van der Waals surface area (Å²) in [5.74, 6) is 0.00299. The number of sulfonamides is 1. The van der Waals surface area contributed by atoms with Crippen molar-refractivity contribution in [2.24, 2.45) is 4.40 Å². The van der Waals surface area contributed by atoms with Gasteiger partial charge in [0.1, 0.15) is 4.90 Å². The molecular formula is C20H22N4O3S. The molecular weight excluding hydrogens is 376 g/mol. The molecule has 1 heterocycles. The fourth-order valence-electron chi connectivity index (χ4n) is 3.73. The van der Waals surface area contributed by atoms with Crippen LogP contribution in [0.1, 0.15) is 29.5 Å². The average molecular weight is 398 g/mol. The molecule has 1 aliphatic carbocycles. The van der Waals surface area contributed by atoms with Gasteiger partial charge >= 0.3 is 0 Å². The van der Waals surface area contributed by atoms with Crippen molar-refractivity contribution in [3.63, 3.8) is 0 Å². The average Bonchev–Trinajstić information content (AvgIpc) is 2.98. The van der Waals surface area contributed by atoms with E-state index in [1.54, 1.807) is 30.1 Å². The molecule has 146 valence electrons. The fourth-order valence-corrected chi connectivity index (χ4v) is 4.98. The quantitative estimate of drug-likeness (QED) is 0.770. The number of nitrogens with zero attached hydrogens (tertiary/aromatic N) is 2. The zero-order chi connectivity index (χ0) is 19.7. The van der Waals surface area contributed by atoms with Gasteiger partial charge in [-0.3, -0.25) is 15.6 Å². The Hall–Kier alpha value is -2.87. The number of benzene rings is 2. The van der Waals surface area contributed by atoms with Gasteiger partial charge in [0.05, 0.1) is 12.2 Å². The van der Waals surface area contributed by atoms with Gasteiger partial charge < -0.3 is 4.90 Å². The summed E-state index contributed by atoms with van der Waals surface area (Å²) in [6, 6.07) is 12.7. The molecule has 2 aliphatic rings. The van der Waals surface area contributed by atoms with E-state index in [1.807, 2.05) is 12.1 Å². The molecule has 0 radical (unpaired) electrons. The SMILES string of the molecule is CN(CC(=O)NNc1cccc2c1CCCC2)C1=NS(=O)(=O)c2ccccc21. The van der Waals surface area contributed by atoms with Crippen molar-refractivity contribution in [3.8, 4) is 0 Å². The zero-order valence-electron chi connectivity index (χ0n) is 15.6. The lowest BCUT2D eigenvalue weighted by Gasteiger charge is -2.22. The molecule has 0 saturated carbocycles.